The van der Waals surface area contributed by atoms with E-state index in [4.69, 9.17) is 16.0 Å². The Morgan fingerprint density at radius 2 is 2.08 bits per heavy atom. The third kappa shape index (κ3) is 3.19. The Morgan fingerprint density at radius 1 is 1.33 bits per heavy atom. The first kappa shape index (κ1) is 17.0. The molecule has 0 unspecified atom stereocenters. The fourth-order valence-electron chi connectivity index (χ4n) is 2.51. The maximum atomic E-state index is 12.3. The number of amides is 1. The average molecular weight is 369 g/mol. The van der Waals surface area contributed by atoms with Gasteiger partial charge < -0.3 is 9.73 Å². The van der Waals surface area contributed by atoms with E-state index >= 15 is 0 Å². The fraction of sp³-hybridized carbons (Fsp3) is 0.312. The third-order valence-corrected chi connectivity index (χ3v) is 6.29. The molecule has 24 heavy (non-hydrogen) atoms. The lowest BCUT2D eigenvalue weighted by Crippen LogP contribution is -2.23. The standard InChI is InChI=1S/C16H17ClN2O4S/c1-19(2)24(21,22)15-8-10(5-6-13(15)17)18-16(20)12-9-11(12)14-4-3-7-23-14/h3-8,11-12H,9H2,1-2H3,(H,18,20)/t11-,12+/m0/s1. The summed E-state index contributed by atoms with van der Waals surface area (Å²) in [6.45, 7) is 0. The van der Waals surface area contributed by atoms with Crippen LogP contribution in [0.25, 0.3) is 0 Å². The van der Waals surface area contributed by atoms with Crippen molar-refractivity contribution in [1.29, 1.82) is 0 Å². The van der Waals surface area contributed by atoms with Crippen molar-refractivity contribution in [2.45, 2.75) is 17.2 Å². The Labute approximate surface area is 145 Å². The normalized spacial score (nSPS) is 20.2. The predicted octanol–water partition coefficient (Wildman–Crippen LogP) is 2.93. The summed E-state index contributed by atoms with van der Waals surface area (Å²) < 4.78 is 30.9. The molecular formula is C16H17ClN2O4S. The Balaban J connectivity index is 1.76. The van der Waals surface area contributed by atoms with Crippen molar-refractivity contribution >= 4 is 33.2 Å². The minimum Gasteiger partial charge on any atom is -0.469 e. The van der Waals surface area contributed by atoms with E-state index in [0.717, 1.165) is 16.5 Å². The highest BCUT2D eigenvalue weighted by atomic mass is 35.5. The highest BCUT2D eigenvalue weighted by Crippen LogP contribution is 2.48. The summed E-state index contributed by atoms with van der Waals surface area (Å²) >= 11 is 6.00. The second-order valence-electron chi connectivity index (χ2n) is 5.89. The maximum Gasteiger partial charge on any atom is 0.244 e. The van der Waals surface area contributed by atoms with Gasteiger partial charge in [0.25, 0.3) is 0 Å². The van der Waals surface area contributed by atoms with Gasteiger partial charge in [-0.1, -0.05) is 11.6 Å². The molecule has 0 bridgehead atoms. The van der Waals surface area contributed by atoms with Gasteiger partial charge >= 0.3 is 0 Å². The van der Waals surface area contributed by atoms with Crippen molar-refractivity contribution in [3.8, 4) is 0 Å². The number of nitrogens with zero attached hydrogens (tertiary/aromatic N) is 1. The van der Waals surface area contributed by atoms with Crippen LogP contribution in [0, 0.1) is 5.92 Å². The molecular weight excluding hydrogens is 352 g/mol. The number of hydrogen-bond acceptors (Lipinski definition) is 4. The predicted molar refractivity (Wildman–Crippen MR) is 90.5 cm³/mol. The van der Waals surface area contributed by atoms with Crippen LogP contribution in [-0.2, 0) is 14.8 Å². The van der Waals surface area contributed by atoms with Crippen molar-refractivity contribution in [3.05, 3.63) is 47.4 Å². The molecule has 0 spiro atoms. The van der Waals surface area contributed by atoms with E-state index in [1.165, 1.54) is 26.2 Å². The van der Waals surface area contributed by atoms with E-state index < -0.39 is 10.0 Å². The molecule has 1 aliphatic rings. The van der Waals surface area contributed by atoms with E-state index in [1.807, 2.05) is 6.07 Å². The van der Waals surface area contributed by atoms with Gasteiger partial charge in [0.05, 0.1) is 11.3 Å². The van der Waals surface area contributed by atoms with Crippen molar-refractivity contribution in [3.63, 3.8) is 0 Å². The number of halogens is 1. The van der Waals surface area contributed by atoms with Gasteiger partial charge in [0.15, 0.2) is 0 Å². The van der Waals surface area contributed by atoms with Crippen LogP contribution < -0.4 is 5.32 Å². The largest absolute Gasteiger partial charge is 0.469 e. The molecule has 0 aliphatic heterocycles. The molecule has 1 amide bonds. The Bertz CT molecular complexity index is 862. The van der Waals surface area contributed by atoms with E-state index in [9.17, 15) is 13.2 Å². The van der Waals surface area contributed by atoms with E-state index in [1.54, 1.807) is 18.4 Å². The summed E-state index contributed by atoms with van der Waals surface area (Å²) in [4.78, 5) is 12.3. The number of carbonyl (C=O) groups is 1. The number of hydrogen-bond donors (Lipinski definition) is 1. The van der Waals surface area contributed by atoms with Gasteiger partial charge in [-0.05, 0) is 36.8 Å². The molecule has 2 atom stereocenters. The summed E-state index contributed by atoms with van der Waals surface area (Å²) in [5.74, 6) is 0.548. The molecule has 8 heteroatoms. The lowest BCUT2D eigenvalue weighted by Gasteiger charge is -2.14. The number of sulfonamides is 1. The number of furan rings is 1. The first-order chi connectivity index (χ1) is 11.3. The molecule has 1 heterocycles. The summed E-state index contributed by atoms with van der Waals surface area (Å²) in [6.07, 6.45) is 2.30. The molecule has 2 aromatic rings. The Morgan fingerprint density at radius 3 is 2.71 bits per heavy atom. The van der Waals surface area contributed by atoms with Crippen LogP contribution in [0.3, 0.4) is 0 Å². The minimum absolute atomic E-state index is 0.0367. The molecule has 1 N–H and O–H groups in total. The van der Waals surface area contributed by atoms with E-state index in [0.29, 0.717) is 5.69 Å². The Hall–Kier alpha value is -1.83. The van der Waals surface area contributed by atoms with Gasteiger partial charge in [0.2, 0.25) is 15.9 Å². The topological polar surface area (TPSA) is 79.6 Å². The number of benzene rings is 1. The van der Waals surface area contributed by atoms with Crippen LogP contribution >= 0.6 is 11.6 Å². The van der Waals surface area contributed by atoms with Crippen molar-refractivity contribution in [2.24, 2.45) is 5.92 Å². The van der Waals surface area contributed by atoms with Crippen molar-refractivity contribution in [2.75, 3.05) is 19.4 Å². The molecule has 128 valence electrons. The van der Waals surface area contributed by atoms with Gasteiger partial charge in [-0.25, -0.2) is 12.7 Å². The second-order valence-corrected chi connectivity index (χ2v) is 8.41. The number of nitrogens with one attached hydrogen (secondary N) is 1. The van der Waals surface area contributed by atoms with Gasteiger partial charge in [-0.2, -0.15) is 0 Å². The van der Waals surface area contributed by atoms with Crippen LogP contribution in [-0.4, -0.2) is 32.7 Å². The second kappa shape index (κ2) is 6.23. The number of rotatable bonds is 5. The van der Waals surface area contributed by atoms with Gasteiger partial charge in [-0.15, -0.1) is 0 Å². The minimum atomic E-state index is -3.68. The van der Waals surface area contributed by atoms with Crippen molar-refractivity contribution in [1.82, 2.24) is 4.31 Å². The third-order valence-electron chi connectivity index (χ3n) is 3.99. The highest BCUT2D eigenvalue weighted by Gasteiger charge is 2.45. The summed E-state index contributed by atoms with van der Waals surface area (Å²) in [7, 11) is -0.830. The maximum absolute atomic E-state index is 12.3. The number of anilines is 1. The zero-order valence-corrected chi connectivity index (χ0v) is 14.8. The lowest BCUT2D eigenvalue weighted by molar-refractivity contribution is -0.117. The van der Waals surface area contributed by atoms with Crippen LogP contribution in [0.5, 0.6) is 0 Å². The molecule has 1 aromatic heterocycles. The summed E-state index contributed by atoms with van der Waals surface area (Å²) in [6, 6.07) is 8.06. The molecule has 1 fully saturated rings. The van der Waals surface area contributed by atoms with Crippen molar-refractivity contribution < 1.29 is 17.6 Å². The van der Waals surface area contributed by atoms with Gasteiger partial charge in [-0.3, -0.25) is 4.79 Å². The first-order valence-electron chi connectivity index (χ1n) is 7.37. The quantitative estimate of drug-likeness (QED) is 0.879. The van der Waals surface area contributed by atoms with Crippen LogP contribution in [0.1, 0.15) is 18.1 Å². The lowest BCUT2D eigenvalue weighted by atomic mass is 10.2. The molecule has 1 saturated carbocycles. The molecule has 1 aliphatic carbocycles. The first-order valence-corrected chi connectivity index (χ1v) is 9.19. The zero-order chi connectivity index (χ0) is 17.5. The molecule has 0 saturated heterocycles. The van der Waals surface area contributed by atoms with Gasteiger partial charge in [0.1, 0.15) is 10.7 Å². The van der Waals surface area contributed by atoms with Crippen LogP contribution in [0.4, 0.5) is 5.69 Å². The Kier molecular flexibility index (Phi) is 4.42. The monoisotopic (exact) mass is 368 g/mol. The zero-order valence-electron chi connectivity index (χ0n) is 13.2. The fourth-order valence-corrected chi connectivity index (χ4v) is 3.91. The number of carbonyl (C=O) groups excluding carboxylic acids is 1. The van der Waals surface area contributed by atoms with E-state index in [-0.39, 0.29) is 27.7 Å². The molecule has 6 nitrogen and oxygen atoms in total. The van der Waals surface area contributed by atoms with Gasteiger partial charge in [0, 0.05) is 31.6 Å². The van der Waals surface area contributed by atoms with Crippen LogP contribution in [0.2, 0.25) is 5.02 Å². The summed E-state index contributed by atoms with van der Waals surface area (Å²) in [5, 5.41) is 2.86. The smallest absolute Gasteiger partial charge is 0.244 e. The molecule has 3 rings (SSSR count). The van der Waals surface area contributed by atoms with Crippen LogP contribution in [0.15, 0.2) is 45.9 Å². The summed E-state index contributed by atoms with van der Waals surface area (Å²) in [5.41, 5.74) is 0.398. The molecule has 0 radical (unpaired) electrons. The molecule has 1 aromatic carbocycles. The van der Waals surface area contributed by atoms with E-state index in [2.05, 4.69) is 5.32 Å². The average Bonchev–Trinajstić information content (AvgIpc) is 3.15. The SMILES string of the molecule is CN(C)S(=O)(=O)c1cc(NC(=O)[C@@H]2C[C@@H]2c2ccco2)ccc1Cl. The highest BCUT2D eigenvalue weighted by molar-refractivity contribution is 7.89.